The van der Waals surface area contributed by atoms with Crippen molar-refractivity contribution in [2.75, 3.05) is 6.61 Å². The Kier molecular flexibility index (Phi) is 5.08. The van der Waals surface area contributed by atoms with Gasteiger partial charge in [-0.2, -0.15) is 5.10 Å². The quantitative estimate of drug-likeness (QED) is 0.564. The molecule has 0 aliphatic carbocycles. The van der Waals surface area contributed by atoms with E-state index in [1.165, 1.54) is 6.21 Å². The monoisotopic (exact) mass is 338 g/mol. The molecule has 24 heavy (non-hydrogen) atoms. The van der Waals surface area contributed by atoms with E-state index < -0.39 is 0 Å². The van der Waals surface area contributed by atoms with Gasteiger partial charge in [0.1, 0.15) is 5.75 Å². The van der Waals surface area contributed by atoms with E-state index in [2.05, 4.69) is 10.5 Å². The number of carbonyl (C=O) groups is 1. The van der Waals surface area contributed by atoms with Crippen molar-refractivity contribution in [1.29, 1.82) is 0 Å². The minimum absolute atomic E-state index is 0.110. The van der Waals surface area contributed by atoms with Gasteiger partial charge in [-0.3, -0.25) is 4.79 Å². The van der Waals surface area contributed by atoms with Crippen LogP contribution < -0.4 is 10.2 Å². The fraction of sp³-hybridized carbons (Fsp3) is 0.0526. The fourth-order valence-corrected chi connectivity index (χ4v) is 2.46. The van der Waals surface area contributed by atoms with Crippen molar-refractivity contribution in [1.82, 2.24) is 5.43 Å². The van der Waals surface area contributed by atoms with Crippen molar-refractivity contribution in [3.63, 3.8) is 0 Å². The van der Waals surface area contributed by atoms with Gasteiger partial charge in [-0.1, -0.05) is 60.1 Å². The molecule has 3 aromatic carbocycles. The molecule has 0 saturated carbocycles. The summed E-state index contributed by atoms with van der Waals surface area (Å²) in [5.74, 6) is 0.336. The van der Waals surface area contributed by atoms with Gasteiger partial charge in [0, 0.05) is 10.4 Å². The van der Waals surface area contributed by atoms with E-state index in [9.17, 15) is 4.79 Å². The molecular weight excluding hydrogens is 324 g/mol. The molecule has 0 atom stereocenters. The molecule has 0 spiro atoms. The molecule has 0 radical (unpaired) electrons. The molecule has 5 heteroatoms. The molecule has 4 nitrogen and oxygen atoms in total. The predicted molar refractivity (Wildman–Crippen MR) is 96.6 cm³/mol. The van der Waals surface area contributed by atoms with Crippen molar-refractivity contribution < 1.29 is 9.53 Å². The van der Waals surface area contributed by atoms with E-state index in [1.54, 1.807) is 12.1 Å². The average Bonchev–Trinajstić information content (AvgIpc) is 2.60. The summed E-state index contributed by atoms with van der Waals surface area (Å²) >= 11 is 5.88. The normalized spacial score (nSPS) is 10.9. The van der Waals surface area contributed by atoms with Gasteiger partial charge >= 0.3 is 0 Å². The van der Waals surface area contributed by atoms with E-state index in [-0.39, 0.29) is 12.5 Å². The molecule has 0 unspecified atom stereocenters. The molecule has 3 aromatic rings. The van der Waals surface area contributed by atoms with Crippen LogP contribution in [0, 0.1) is 0 Å². The van der Waals surface area contributed by atoms with Gasteiger partial charge in [-0.05, 0) is 29.1 Å². The molecular formula is C19H15ClN2O2. The van der Waals surface area contributed by atoms with E-state index >= 15 is 0 Å². The number of rotatable bonds is 5. The largest absolute Gasteiger partial charge is 0.483 e. The summed E-state index contributed by atoms with van der Waals surface area (Å²) in [6.07, 6.45) is 1.53. The van der Waals surface area contributed by atoms with Crippen LogP contribution in [0.25, 0.3) is 10.8 Å². The lowest BCUT2D eigenvalue weighted by Crippen LogP contribution is -2.24. The van der Waals surface area contributed by atoms with E-state index in [0.29, 0.717) is 10.8 Å². The minimum Gasteiger partial charge on any atom is -0.483 e. The lowest BCUT2D eigenvalue weighted by molar-refractivity contribution is -0.123. The average molecular weight is 339 g/mol. The number of nitrogens with zero attached hydrogens (tertiary/aromatic N) is 1. The summed E-state index contributed by atoms with van der Waals surface area (Å²) in [6.45, 7) is -0.110. The van der Waals surface area contributed by atoms with Gasteiger partial charge in [-0.25, -0.2) is 5.43 Å². The number of carbonyl (C=O) groups excluding carboxylic acids is 1. The summed E-state index contributed by atoms with van der Waals surface area (Å²) in [6, 6.07) is 20.8. The third kappa shape index (κ3) is 4.12. The van der Waals surface area contributed by atoms with Crippen LogP contribution in [0.5, 0.6) is 5.75 Å². The SMILES string of the molecule is O=C(COc1cccc2ccccc12)N/N=C/c1cccc(Cl)c1. The molecule has 0 aliphatic rings. The zero-order chi connectivity index (χ0) is 16.8. The van der Waals surface area contributed by atoms with Crippen LogP contribution in [-0.4, -0.2) is 18.7 Å². The maximum absolute atomic E-state index is 11.8. The van der Waals surface area contributed by atoms with Crippen LogP contribution in [0.3, 0.4) is 0 Å². The Bertz CT molecular complexity index is 888. The first-order chi connectivity index (χ1) is 11.7. The number of hydrogen-bond acceptors (Lipinski definition) is 3. The first-order valence-corrected chi connectivity index (χ1v) is 7.78. The Morgan fingerprint density at radius 1 is 1.08 bits per heavy atom. The lowest BCUT2D eigenvalue weighted by atomic mass is 10.1. The molecule has 0 heterocycles. The number of nitrogens with one attached hydrogen (secondary N) is 1. The Labute approximate surface area is 144 Å². The second-order valence-electron chi connectivity index (χ2n) is 5.11. The molecule has 0 aromatic heterocycles. The van der Waals surface area contributed by atoms with Crippen LogP contribution in [0.4, 0.5) is 0 Å². The van der Waals surface area contributed by atoms with Crippen LogP contribution in [-0.2, 0) is 4.79 Å². The number of hydrazone groups is 1. The Morgan fingerprint density at radius 3 is 2.75 bits per heavy atom. The molecule has 0 bridgehead atoms. The van der Waals surface area contributed by atoms with Gasteiger partial charge in [0.2, 0.25) is 0 Å². The number of fused-ring (bicyclic) bond motifs is 1. The molecule has 0 aliphatic heterocycles. The third-order valence-electron chi connectivity index (χ3n) is 3.36. The van der Waals surface area contributed by atoms with E-state index in [1.807, 2.05) is 54.6 Å². The van der Waals surface area contributed by atoms with Crippen LogP contribution in [0.1, 0.15) is 5.56 Å². The number of amides is 1. The second kappa shape index (κ2) is 7.62. The summed E-state index contributed by atoms with van der Waals surface area (Å²) in [5, 5.41) is 6.54. The smallest absolute Gasteiger partial charge is 0.277 e. The topological polar surface area (TPSA) is 50.7 Å². The Morgan fingerprint density at radius 2 is 1.88 bits per heavy atom. The van der Waals surface area contributed by atoms with Crippen molar-refractivity contribution >= 4 is 34.5 Å². The molecule has 1 amide bonds. The minimum atomic E-state index is -0.332. The van der Waals surface area contributed by atoms with Crippen molar-refractivity contribution in [3.8, 4) is 5.75 Å². The van der Waals surface area contributed by atoms with Crippen molar-refractivity contribution in [3.05, 3.63) is 77.3 Å². The van der Waals surface area contributed by atoms with Gasteiger partial charge in [0.25, 0.3) is 5.91 Å². The lowest BCUT2D eigenvalue weighted by Gasteiger charge is -2.08. The molecule has 0 saturated heterocycles. The number of ether oxygens (including phenoxy) is 1. The second-order valence-corrected chi connectivity index (χ2v) is 5.55. The summed E-state index contributed by atoms with van der Waals surface area (Å²) in [7, 11) is 0. The highest BCUT2D eigenvalue weighted by Crippen LogP contribution is 2.24. The van der Waals surface area contributed by atoms with E-state index in [4.69, 9.17) is 16.3 Å². The Hall–Kier alpha value is -2.85. The zero-order valence-electron chi connectivity index (χ0n) is 12.8. The van der Waals surface area contributed by atoms with Gasteiger partial charge < -0.3 is 4.74 Å². The molecule has 120 valence electrons. The predicted octanol–water partition coefficient (Wildman–Crippen LogP) is 4.02. The third-order valence-corrected chi connectivity index (χ3v) is 3.60. The molecule has 0 fully saturated rings. The van der Waals surface area contributed by atoms with Crippen molar-refractivity contribution in [2.24, 2.45) is 5.10 Å². The highest BCUT2D eigenvalue weighted by atomic mass is 35.5. The highest BCUT2D eigenvalue weighted by molar-refractivity contribution is 6.30. The van der Waals surface area contributed by atoms with Gasteiger partial charge in [0.15, 0.2) is 6.61 Å². The fourth-order valence-electron chi connectivity index (χ4n) is 2.26. The summed E-state index contributed by atoms with van der Waals surface area (Å²) in [4.78, 5) is 11.8. The van der Waals surface area contributed by atoms with E-state index in [0.717, 1.165) is 16.3 Å². The highest BCUT2D eigenvalue weighted by Gasteiger charge is 2.04. The molecule has 3 rings (SSSR count). The van der Waals surface area contributed by atoms with Crippen LogP contribution >= 0.6 is 11.6 Å². The molecule has 1 N–H and O–H groups in total. The van der Waals surface area contributed by atoms with Crippen LogP contribution in [0.2, 0.25) is 5.02 Å². The standard InChI is InChI=1S/C19H15ClN2O2/c20-16-8-3-5-14(11-16)12-21-22-19(23)13-24-18-10-4-7-15-6-1-2-9-17(15)18/h1-12H,13H2,(H,22,23)/b21-12+. The maximum Gasteiger partial charge on any atom is 0.277 e. The van der Waals surface area contributed by atoms with Gasteiger partial charge in [0.05, 0.1) is 6.21 Å². The zero-order valence-corrected chi connectivity index (χ0v) is 13.5. The summed E-state index contributed by atoms with van der Waals surface area (Å²) < 4.78 is 5.60. The van der Waals surface area contributed by atoms with Crippen LogP contribution in [0.15, 0.2) is 71.8 Å². The Balaban J connectivity index is 1.57. The number of halogens is 1. The number of benzene rings is 3. The first kappa shape index (κ1) is 16.0. The van der Waals surface area contributed by atoms with Gasteiger partial charge in [-0.15, -0.1) is 0 Å². The maximum atomic E-state index is 11.8. The first-order valence-electron chi connectivity index (χ1n) is 7.40. The number of hydrogen-bond donors (Lipinski definition) is 1. The van der Waals surface area contributed by atoms with Crippen molar-refractivity contribution in [2.45, 2.75) is 0 Å². The summed E-state index contributed by atoms with van der Waals surface area (Å²) in [5.41, 5.74) is 3.23.